The molecule has 0 spiro atoms. The van der Waals surface area contributed by atoms with Crippen molar-refractivity contribution in [3.8, 4) is 0 Å². The van der Waals surface area contributed by atoms with Crippen LogP contribution in [0.5, 0.6) is 0 Å². The zero-order chi connectivity index (χ0) is 21.0. The smallest absolute Gasteiger partial charge is 0.355 e. The molecule has 0 unspecified atom stereocenters. The highest BCUT2D eigenvalue weighted by molar-refractivity contribution is 6.33. The minimum atomic E-state index is -0.741. The van der Waals surface area contributed by atoms with Crippen molar-refractivity contribution in [2.75, 3.05) is 58.8 Å². The van der Waals surface area contributed by atoms with E-state index in [1.165, 1.54) is 19.1 Å². The first-order chi connectivity index (χ1) is 14.0. The van der Waals surface area contributed by atoms with E-state index in [0.717, 1.165) is 0 Å². The summed E-state index contributed by atoms with van der Waals surface area (Å²) in [5.41, 5.74) is 0.697. The monoisotopic (exact) mass is 424 g/mol. The molecule has 0 aromatic heterocycles. The molecule has 9 nitrogen and oxygen atoms in total. The Hall–Kier alpha value is -2.62. The normalized spacial score (nSPS) is 17.2. The predicted molar refractivity (Wildman–Crippen MR) is 103 cm³/mol. The second-order valence-electron chi connectivity index (χ2n) is 6.29. The van der Waals surface area contributed by atoms with Crippen LogP contribution in [0.4, 0.5) is 5.69 Å². The van der Waals surface area contributed by atoms with Gasteiger partial charge in [-0.1, -0.05) is 11.6 Å². The molecule has 2 heterocycles. The fourth-order valence-electron chi connectivity index (χ4n) is 3.14. The van der Waals surface area contributed by atoms with Gasteiger partial charge in [0, 0.05) is 18.7 Å². The first-order valence-electron chi connectivity index (χ1n) is 8.89. The lowest BCUT2D eigenvalue weighted by Crippen LogP contribution is -2.41. The number of rotatable bonds is 4. The zero-order valence-corrected chi connectivity index (χ0v) is 16.9. The maximum Gasteiger partial charge on any atom is 0.355 e. The van der Waals surface area contributed by atoms with E-state index in [4.69, 9.17) is 30.5 Å². The van der Waals surface area contributed by atoms with Crippen LogP contribution < -0.4 is 4.90 Å². The Labute approximate surface area is 172 Å². The second kappa shape index (κ2) is 9.25. The van der Waals surface area contributed by atoms with E-state index in [2.05, 4.69) is 0 Å². The number of morpholine rings is 1. The van der Waals surface area contributed by atoms with Gasteiger partial charge in [0.1, 0.15) is 12.4 Å². The van der Waals surface area contributed by atoms with Crippen LogP contribution >= 0.6 is 11.6 Å². The van der Waals surface area contributed by atoms with Crippen LogP contribution in [0.2, 0.25) is 5.02 Å². The third-order valence-corrected chi connectivity index (χ3v) is 4.93. The largest absolute Gasteiger partial charge is 0.466 e. The van der Waals surface area contributed by atoms with Crippen molar-refractivity contribution >= 4 is 35.1 Å². The summed E-state index contributed by atoms with van der Waals surface area (Å²) in [7, 11) is 2.41. The van der Waals surface area contributed by atoms with Gasteiger partial charge in [-0.3, -0.25) is 4.79 Å². The Balaban J connectivity index is 2.02. The molecule has 0 bridgehead atoms. The van der Waals surface area contributed by atoms with Gasteiger partial charge in [-0.05, 0) is 18.2 Å². The summed E-state index contributed by atoms with van der Waals surface area (Å²) in [6.07, 6.45) is 0. The molecule has 2 aliphatic rings. The van der Waals surface area contributed by atoms with Crippen molar-refractivity contribution in [2.45, 2.75) is 0 Å². The first kappa shape index (κ1) is 21.1. The van der Waals surface area contributed by atoms with Crippen molar-refractivity contribution < 1.29 is 33.3 Å². The fraction of sp³-hybridized carbons (Fsp3) is 0.421. The molecule has 156 valence electrons. The lowest BCUT2D eigenvalue weighted by atomic mass is 10.1. The molecule has 0 atom stereocenters. The van der Waals surface area contributed by atoms with Crippen LogP contribution in [0, 0.1) is 0 Å². The molecule has 1 amide bonds. The van der Waals surface area contributed by atoms with Crippen LogP contribution in [-0.2, 0) is 28.5 Å². The second-order valence-corrected chi connectivity index (χ2v) is 6.69. The van der Waals surface area contributed by atoms with E-state index < -0.39 is 11.9 Å². The molecule has 0 aliphatic carbocycles. The van der Waals surface area contributed by atoms with Crippen molar-refractivity contribution in [1.82, 2.24) is 4.90 Å². The Morgan fingerprint density at radius 1 is 1.03 bits per heavy atom. The van der Waals surface area contributed by atoms with Gasteiger partial charge in [0.05, 0.1) is 50.3 Å². The van der Waals surface area contributed by atoms with Crippen molar-refractivity contribution in [1.29, 1.82) is 0 Å². The number of hydrogen-bond donors (Lipinski definition) is 0. The van der Waals surface area contributed by atoms with Gasteiger partial charge in [-0.25, -0.2) is 9.59 Å². The van der Waals surface area contributed by atoms with E-state index >= 15 is 0 Å². The van der Waals surface area contributed by atoms with E-state index in [1.807, 2.05) is 0 Å². The minimum Gasteiger partial charge on any atom is -0.466 e. The Kier molecular flexibility index (Phi) is 6.73. The maximum absolute atomic E-state index is 12.8. The maximum atomic E-state index is 12.8. The minimum absolute atomic E-state index is 0.00609. The summed E-state index contributed by atoms with van der Waals surface area (Å²) in [6.45, 7) is 1.76. The van der Waals surface area contributed by atoms with Crippen LogP contribution in [0.3, 0.4) is 0 Å². The molecule has 0 saturated carbocycles. The number of methoxy groups -OCH3 is 2. The van der Waals surface area contributed by atoms with Gasteiger partial charge in [-0.15, -0.1) is 0 Å². The topological polar surface area (TPSA) is 94.6 Å². The van der Waals surface area contributed by atoms with E-state index in [9.17, 15) is 14.4 Å². The average molecular weight is 425 g/mol. The number of esters is 2. The summed E-state index contributed by atoms with van der Waals surface area (Å²) in [5.74, 6) is -1.64. The van der Waals surface area contributed by atoms with Crippen LogP contribution in [0.15, 0.2) is 29.5 Å². The summed E-state index contributed by atoms with van der Waals surface area (Å²) in [5, 5.41) is 0.277. The van der Waals surface area contributed by atoms with Crippen molar-refractivity contribution in [3.63, 3.8) is 0 Å². The summed E-state index contributed by atoms with van der Waals surface area (Å²) in [4.78, 5) is 40.5. The molecule has 1 fully saturated rings. The number of hydrogen-bond acceptors (Lipinski definition) is 8. The molecule has 2 aliphatic heterocycles. The lowest BCUT2D eigenvalue weighted by Gasteiger charge is -2.32. The number of carbonyl (C=O) groups is 3. The highest BCUT2D eigenvalue weighted by atomic mass is 35.5. The fourth-order valence-corrected chi connectivity index (χ4v) is 3.35. The molecule has 10 heteroatoms. The van der Waals surface area contributed by atoms with Gasteiger partial charge in [-0.2, -0.15) is 0 Å². The Bertz CT molecular complexity index is 849. The van der Waals surface area contributed by atoms with Crippen molar-refractivity contribution in [2.24, 2.45) is 0 Å². The predicted octanol–water partition coefficient (Wildman–Crippen LogP) is 1.21. The van der Waals surface area contributed by atoms with Gasteiger partial charge < -0.3 is 28.7 Å². The van der Waals surface area contributed by atoms with Crippen LogP contribution in [0.25, 0.3) is 0 Å². The molecular formula is C19H21ClN2O7. The number of amides is 1. The standard InChI is InChI=1S/C19H21ClN2O7/c1-26-18(24)13-10-29-11-22(16(13)19(25)27-2)15-9-12(3-4-14(15)20)17(23)21-5-7-28-8-6-21/h3-4,9H,5-8,10-11H2,1-2H3. The van der Waals surface area contributed by atoms with Crippen molar-refractivity contribution in [3.05, 3.63) is 40.1 Å². The van der Waals surface area contributed by atoms with E-state index in [1.54, 1.807) is 23.1 Å². The van der Waals surface area contributed by atoms with E-state index in [-0.39, 0.29) is 35.5 Å². The quantitative estimate of drug-likeness (QED) is 0.666. The molecule has 1 aromatic rings. The van der Waals surface area contributed by atoms with Gasteiger partial charge >= 0.3 is 11.9 Å². The highest BCUT2D eigenvalue weighted by Crippen LogP contribution is 2.33. The number of anilines is 1. The Morgan fingerprint density at radius 3 is 2.38 bits per heavy atom. The number of benzene rings is 1. The van der Waals surface area contributed by atoms with Crippen LogP contribution in [-0.4, -0.2) is 76.6 Å². The molecule has 1 saturated heterocycles. The lowest BCUT2D eigenvalue weighted by molar-refractivity contribution is -0.140. The number of nitrogens with zero attached hydrogens (tertiary/aromatic N) is 2. The summed E-state index contributed by atoms with van der Waals surface area (Å²) in [6, 6.07) is 4.73. The first-order valence-corrected chi connectivity index (χ1v) is 9.27. The third kappa shape index (κ3) is 4.36. The van der Waals surface area contributed by atoms with Gasteiger partial charge in [0.25, 0.3) is 5.91 Å². The molecule has 1 aromatic carbocycles. The number of halogens is 1. The van der Waals surface area contributed by atoms with E-state index in [0.29, 0.717) is 37.6 Å². The number of carbonyl (C=O) groups excluding carboxylic acids is 3. The SMILES string of the molecule is COC(=O)C1=C(C(=O)OC)N(c2cc(C(=O)N3CCOCC3)ccc2Cl)COC1. The van der Waals surface area contributed by atoms with Gasteiger partial charge in [0.2, 0.25) is 0 Å². The molecule has 3 rings (SSSR count). The van der Waals surface area contributed by atoms with Gasteiger partial charge in [0.15, 0.2) is 0 Å². The summed E-state index contributed by atoms with van der Waals surface area (Å²) < 4.78 is 20.3. The molecular weight excluding hydrogens is 404 g/mol. The zero-order valence-electron chi connectivity index (χ0n) is 16.1. The highest BCUT2D eigenvalue weighted by Gasteiger charge is 2.33. The number of ether oxygens (including phenoxy) is 4. The average Bonchev–Trinajstić information content (AvgIpc) is 2.78. The molecule has 29 heavy (non-hydrogen) atoms. The van der Waals surface area contributed by atoms with Crippen LogP contribution in [0.1, 0.15) is 10.4 Å². The molecule has 0 radical (unpaired) electrons. The molecule has 0 N–H and O–H groups in total. The summed E-state index contributed by atoms with van der Waals surface area (Å²) >= 11 is 6.36. The third-order valence-electron chi connectivity index (χ3n) is 4.62. The Morgan fingerprint density at radius 2 is 1.72 bits per heavy atom.